The molecule has 0 spiro atoms. The molecular weight excluding hydrogens is 423 g/mol. The molecule has 1 fully saturated rings. The third kappa shape index (κ3) is 3.52. The van der Waals surface area contributed by atoms with E-state index in [-0.39, 0.29) is 11.4 Å². The summed E-state index contributed by atoms with van der Waals surface area (Å²) in [4.78, 5) is 25.1. The van der Waals surface area contributed by atoms with Gasteiger partial charge in [-0.3, -0.25) is 10.2 Å². The number of pyridine rings is 2. The maximum Gasteiger partial charge on any atom is 0.416 e. The first-order chi connectivity index (χ1) is 15.3. The predicted molar refractivity (Wildman–Crippen MR) is 112 cm³/mol. The number of alkyl halides is 3. The second-order valence-electron chi connectivity index (χ2n) is 7.67. The summed E-state index contributed by atoms with van der Waals surface area (Å²) in [5.41, 5.74) is 0.423. The SMILES string of the molecule is O=C(Nc1ccccn1)N1c2nc(-c3cccc(C(F)(F)F)c3)ccc2N2CC(O)[C@H]1C2. The van der Waals surface area contributed by atoms with Gasteiger partial charge in [-0.2, -0.15) is 13.2 Å². The Balaban J connectivity index is 1.56. The first kappa shape index (κ1) is 20.3. The van der Waals surface area contributed by atoms with Gasteiger partial charge in [0.05, 0.1) is 29.1 Å². The van der Waals surface area contributed by atoms with E-state index < -0.39 is 29.9 Å². The van der Waals surface area contributed by atoms with E-state index in [1.165, 1.54) is 23.2 Å². The van der Waals surface area contributed by atoms with Gasteiger partial charge in [0.2, 0.25) is 0 Å². The average molecular weight is 441 g/mol. The number of aromatic nitrogens is 2. The molecule has 4 heterocycles. The lowest BCUT2D eigenvalue weighted by Crippen LogP contribution is -2.51. The first-order valence-corrected chi connectivity index (χ1v) is 9.94. The zero-order valence-electron chi connectivity index (χ0n) is 16.6. The molecule has 32 heavy (non-hydrogen) atoms. The van der Waals surface area contributed by atoms with Crippen LogP contribution in [-0.4, -0.2) is 46.3 Å². The third-order valence-electron chi connectivity index (χ3n) is 5.62. The van der Waals surface area contributed by atoms with Crippen LogP contribution in [-0.2, 0) is 6.18 Å². The molecule has 0 saturated carbocycles. The van der Waals surface area contributed by atoms with Gasteiger partial charge in [0, 0.05) is 24.8 Å². The van der Waals surface area contributed by atoms with Gasteiger partial charge in [-0.25, -0.2) is 14.8 Å². The van der Waals surface area contributed by atoms with Gasteiger partial charge in [-0.05, 0) is 36.4 Å². The lowest BCUT2D eigenvalue weighted by molar-refractivity contribution is -0.137. The lowest BCUT2D eigenvalue weighted by atomic mass is 10.1. The molecule has 10 heteroatoms. The van der Waals surface area contributed by atoms with Crippen LogP contribution in [0.1, 0.15) is 5.56 Å². The zero-order valence-corrected chi connectivity index (χ0v) is 16.6. The predicted octanol–water partition coefficient (Wildman–Crippen LogP) is 3.76. The van der Waals surface area contributed by atoms with Crippen LogP contribution in [0.2, 0.25) is 0 Å². The van der Waals surface area contributed by atoms with Crippen molar-refractivity contribution in [1.82, 2.24) is 9.97 Å². The highest BCUT2D eigenvalue weighted by Gasteiger charge is 2.45. The van der Waals surface area contributed by atoms with Crippen LogP contribution in [0.4, 0.5) is 35.3 Å². The number of hydrogen-bond donors (Lipinski definition) is 2. The molecule has 2 bridgehead atoms. The summed E-state index contributed by atoms with van der Waals surface area (Å²) < 4.78 is 39.5. The minimum Gasteiger partial charge on any atom is -0.389 e. The molecule has 3 aromatic rings. The van der Waals surface area contributed by atoms with Gasteiger partial charge in [0.25, 0.3) is 0 Å². The van der Waals surface area contributed by atoms with Crippen molar-refractivity contribution in [3.05, 3.63) is 66.4 Å². The normalized spacial score (nSPS) is 19.6. The fourth-order valence-corrected chi connectivity index (χ4v) is 4.11. The number of hydrogen-bond acceptors (Lipinski definition) is 5. The monoisotopic (exact) mass is 441 g/mol. The minimum absolute atomic E-state index is 0.279. The number of anilines is 3. The van der Waals surface area contributed by atoms with Gasteiger partial charge in [0.15, 0.2) is 5.82 Å². The smallest absolute Gasteiger partial charge is 0.389 e. The van der Waals surface area contributed by atoms with E-state index in [1.54, 1.807) is 30.3 Å². The number of aliphatic hydroxyl groups is 1. The standard InChI is InChI=1S/C22H18F3N5O2/c23-22(24,25)14-5-3-4-13(10-14)15-7-8-16-20(27-15)30(17-11-29(16)12-18(17)31)21(32)28-19-6-1-2-9-26-19/h1-10,17-18,31H,11-12H2,(H,26,28,32)/t17-,18?/m1/s1. The number of fused-ring (bicyclic) bond motifs is 4. The number of amides is 2. The summed E-state index contributed by atoms with van der Waals surface area (Å²) >= 11 is 0. The number of rotatable bonds is 2. The summed E-state index contributed by atoms with van der Waals surface area (Å²) in [5, 5.41) is 13.2. The summed E-state index contributed by atoms with van der Waals surface area (Å²) in [6.07, 6.45) is -3.74. The van der Waals surface area contributed by atoms with Crippen molar-refractivity contribution in [2.24, 2.45) is 0 Å². The molecule has 2 amide bonds. The molecule has 0 radical (unpaired) electrons. The second-order valence-corrected chi connectivity index (χ2v) is 7.67. The van der Waals surface area contributed by atoms with E-state index in [4.69, 9.17) is 0 Å². The molecule has 1 aromatic carbocycles. The third-order valence-corrected chi connectivity index (χ3v) is 5.62. The van der Waals surface area contributed by atoms with E-state index in [2.05, 4.69) is 15.3 Å². The molecular formula is C22H18F3N5O2. The van der Waals surface area contributed by atoms with Gasteiger partial charge < -0.3 is 10.0 Å². The van der Waals surface area contributed by atoms with Crippen LogP contribution in [0.25, 0.3) is 11.3 Å². The van der Waals surface area contributed by atoms with E-state index in [0.717, 1.165) is 12.1 Å². The quantitative estimate of drug-likeness (QED) is 0.633. The Kier molecular flexibility index (Phi) is 4.74. The zero-order chi connectivity index (χ0) is 22.5. The highest BCUT2D eigenvalue weighted by atomic mass is 19.4. The number of nitrogens with one attached hydrogen (secondary N) is 1. The van der Waals surface area contributed by atoms with Crippen molar-refractivity contribution < 1.29 is 23.1 Å². The van der Waals surface area contributed by atoms with E-state index in [1.807, 2.05) is 4.90 Å². The number of carbonyl (C=O) groups is 1. The summed E-state index contributed by atoms with van der Waals surface area (Å²) in [7, 11) is 0. The highest BCUT2D eigenvalue weighted by Crippen LogP contribution is 2.41. The van der Waals surface area contributed by atoms with Crippen LogP contribution >= 0.6 is 0 Å². The maximum atomic E-state index is 13.2. The molecule has 1 saturated heterocycles. The topological polar surface area (TPSA) is 81.6 Å². The molecule has 2 aromatic heterocycles. The highest BCUT2D eigenvalue weighted by molar-refractivity contribution is 6.04. The van der Waals surface area contributed by atoms with Crippen molar-refractivity contribution in [1.29, 1.82) is 0 Å². The lowest BCUT2D eigenvalue weighted by Gasteiger charge is -2.36. The number of urea groups is 1. The summed E-state index contributed by atoms with van der Waals surface area (Å²) in [5.74, 6) is 0.615. The van der Waals surface area contributed by atoms with Crippen LogP contribution in [0.3, 0.4) is 0 Å². The van der Waals surface area contributed by atoms with Crippen molar-refractivity contribution in [2.75, 3.05) is 28.2 Å². The Morgan fingerprint density at radius 3 is 2.69 bits per heavy atom. The van der Waals surface area contributed by atoms with Crippen molar-refractivity contribution in [3.63, 3.8) is 0 Å². The number of aliphatic hydroxyl groups excluding tert-OH is 1. The molecule has 2 atom stereocenters. The Morgan fingerprint density at radius 1 is 1.09 bits per heavy atom. The molecule has 5 rings (SSSR count). The molecule has 0 aliphatic carbocycles. The summed E-state index contributed by atoms with van der Waals surface area (Å²) in [6.45, 7) is 0.754. The number of halogens is 3. The van der Waals surface area contributed by atoms with E-state index in [9.17, 15) is 23.1 Å². The van der Waals surface area contributed by atoms with Gasteiger partial charge in [-0.15, -0.1) is 0 Å². The number of nitrogens with zero attached hydrogens (tertiary/aromatic N) is 4. The van der Waals surface area contributed by atoms with Crippen LogP contribution in [0.5, 0.6) is 0 Å². The van der Waals surface area contributed by atoms with Gasteiger partial charge >= 0.3 is 12.2 Å². The van der Waals surface area contributed by atoms with Crippen LogP contribution in [0.15, 0.2) is 60.8 Å². The Labute approximate surface area is 181 Å². The van der Waals surface area contributed by atoms with Crippen LogP contribution < -0.4 is 15.1 Å². The first-order valence-electron chi connectivity index (χ1n) is 9.94. The fraction of sp³-hybridized carbons (Fsp3) is 0.227. The van der Waals surface area contributed by atoms with Crippen molar-refractivity contribution in [3.8, 4) is 11.3 Å². The van der Waals surface area contributed by atoms with Crippen molar-refractivity contribution in [2.45, 2.75) is 18.3 Å². The molecule has 7 nitrogen and oxygen atoms in total. The Bertz CT molecular complexity index is 1170. The van der Waals surface area contributed by atoms with Crippen LogP contribution in [0, 0.1) is 0 Å². The van der Waals surface area contributed by atoms with E-state index in [0.29, 0.717) is 30.3 Å². The van der Waals surface area contributed by atoms with Gasteiger partial charge in [0.1, 0.15) is 5.82 Å². The molecule has 164 valence electrons. The Morgan fingerprint density at radius 2 is 1.94 bits per heavy atom. The van der Waals surface area contributed by atoms with Gasteiger partial charge in [-0.1, -0.05) is 18.2 Å². The Hall–Kier alpha value is -3.66. The molecule has 1 unspecified atom stereocenters. The largest absolute Gasteiger partial charge is 0.416 e. The maximum absolute atomic E-state index is 13.2. The summed E-state index contributed by atoms with van der Waals surface area (Å²) in [6, 6.07) is 12.2. The molecule has 2 N–H and O–H groups in total. The number of carbonyl (C=O) groups excluding carboxylic acids is 1. The minimum atomic E-state index is -4.48. The van der Waals surface area contributed by atoms with Crippen molar-refractivity contribution >= 4 is 23.4 Å². The fourth-order valence-electron chi connectivity index (χ4n) is 4.11. The number of benzene rings is 1. The van der Waals surface area contributed by atoms with E-state index >= 15 is 0 Å². The molecule has 2 aliphatic heterocycles. The average Bonchev–Trinajstić information content (AvgIpc) is 3.10. The molecule has 2 aliphatic rings. The second kappa shape index (κ2) is 7.49.